The first-order valence-corrected chi connectivity index (χ1v) is 11.0. The van der Waals surface area contributed by atoms with E-state index in [1.165, 1.54) is 35.7 Å². The van der Waals surface area contributed by atoms with E-state index in [1.807, 2.05) is 0 Å². The third kappa shape index (κ3) is 4.43. The lowest BCUT2D eigenvalue weighted by atomic mass is 10.2. The van der Waals surface area contributed by atoms with Crippen LogP contribution in [-0.4, -0.2) is 38.8 Å². The Morgan fingerprint density at radius 1 is 1.04 bits per heavy atom. The number of carbonyl (C=O) groups excluding carboxylic acids is 1. The summed E-state index contributed by atoms with van der Waals surface area (Å²) in [6, 6.07) is 9.01. The molecule has 0 bridgehead atoms. The summed E-state index contributed by atoms with van der Waals surface area (Å²) in [5.41, 5.74) is 0.728. The summed E-state index contributed by atoms with van der Waals surface area (Å²) in [6.45, 7) is 1.08. The van der Waals surface area contributed by atoms with Gasteiger partial charge in [0.15, 0.2) is 5.75 Å². The molecule has 0 spiro atoms. The smallest absolute Gasteiger partial charge is 0.255 e. The maximum Gasteiger partial charge on any atom is 0.255 e. The van der Waals surface area contributed by atoms with Gasteiger partial charge >= 0.3 is 0 Å². The molecule has 9 heteroatoms. The van der Waals surface area contributed by atoms with Gasteiger partial charge in [-0.3, -0.25) is 4.79 Å². The summed E-state index contributed by atoms with van der Waals surface area (Å²) in [5.74, 6) is -0.120. The first kappa shape index (κ1) is 20.9. The van der Waals surface area contributed by atoms with Crippen molar-refractivity contribution in [1.82, 2.24) is 4.31 Å². The molecule has 0 aromatic heterocycles. The van der Waals surface area contributed by atoms with Crippen molar-refractivity contribution in [2.75, 3.05) is 25.5 Å². The molecule has 1 fully saturated rings. The van der Waals surface area contributed by atoms with Gasteiger partial charge in [0.1, 0.15) is 0 Å². The number of rotatable bonds is 5. The van der Waals surface area contributed by atoms with E-state index < -0.39 is 15.9 Å². The van der Waals surface area contributed by atoms with Crippen LogP contribution in [0.4, 0.5) is 5.69 Å². The van der Waals surface area contributed by atoms with Crippen LogP contribution in [0.2, 0.25) is 10.0 Å². The van der Waals surface area contributed by atoms with Gasteiger partial charge < -0.3 is 10.1 Å². The van der Waals surface area contributed by atoms with Gasteiger partial charge in [-0.15, -0.1) is 0 Å². The molecular weight excluding hydrogens is 423 g/mol. The average Bonchev–Trinajstić information content (AvgIpc) is 2.69. The van der Waals surface area contributed by atoms with Crippen LogP contribution in [0, 0.1) is 0 Å². The minimum absolute atomic E-state index is 0.211. The second-order valence-corrected chi connectivity index (χ2v) is 9.17. The highest BCUT2D eigenvalue weighted by molar-refractivity contribution is 7.89. The van der Waals surface area contributed by atoms with E-state index in [2.05, 4.69) is 5.32 Å². The third-order valence-electron chi connectivity index (χ3n) is 4.53. The molecule has 0 atom stereocenters. The summed E-state index contributed by atoms with van der Waals surface area (Å²) in [6.07, 6.45) is 2.80. The number of carbonyl (C=O) groups is 1. The van der Waals surface area contributed by atoms with Crippen LogP contribution < -0.4 is 10.1 Å². The van der Waals surface area contributed by atoms with Gasteiger partial charge in [0, 0.05) is 24.3 Å². The van der Waals surface area contributed by atoms with Gasteiger partial charge in [-0.05, 0) is 49.2 Å². The van der Waals surface area contributed by atoms with Gasteiger partial charge in [0.05, 0.1) is 22.1 Å². The molecule has 2 aromatic rings. The van der Waals surface area contributed by atoms with Crippen LogP contribution >= 0.6 is 23.2 Å². The predicted molar refractivity (Wildman–Crippen MR) is 110 cm³/mol. The lowest BCUT2D eigenvalue weighted by Gasteiger charge is -2.25. The summed E-state index contributed by atoms with van der Waals surface area (Å²) >= 11 is 12.1. The van der Waals surface area contributed by atoms with E-state index in [9.17, 15) is 13.2 Å². The van der Waals surface area contributed by atoms with Gasteiger partial charge in [-0.2, -0.15) is 4.31 Å². The highest BCUT2D eigenvalue weighted by atomic mass is 35.5. The van der Waals surface area contributed by atoms with Gasteiger partial charge in [0.25, 0.3) is 5.91 Å². The van der Waals surface area contributed by atoms with E-state index in [-0.39, 0.29) is 20.5 Å². The van der Waals surface area contributed by atoms with Crippen molar-refractivity contribution in [3.63, 3.8) is 0 Å². The Labute approximate surface area is 174 Å². The molecule has 1 saturated heterocycles. The quantitative estimate of drug-likeness (QED) is 0.742. The van der Waals surface area contributed by atoms with E-state index >= 15 is 0 Å². The molecule has 0 aliphatic carbocycles. The van der Waals surface area contributed by atoms with Crippen LogP contribution in [0.3, 0.4) is 0 Å². The minimum Gasteiger partial charge on any atom is -0.494 e. The van der Waals surface area contributed by atoms with Crippen LogP contribution in [-0.2, 0) is 10.0 Å². The first-order chi connectivity index (χ1) is 13.3. The summed E-state index contributed by atoms with van der Waals surface area (Å²) in [4.78, 5) is 12.7. The van der Waals surface area contributed by atoms with Gasteiger partial charge in [-0.25, -0.2) is 8.42 Å². The topological polar surface area (TPSA) is 75.7 Å². The number of methoxy groups -OCH3 is 1. The average molecular weight is 443 g/mol. The fourth-order valence-electron chi connectivity index (χ4n) is 3.05. The molecule has 0 radical (unpaired) electrons. The molecule has 3 rings (SSSR count). The minimum atomic E-state index is -3.51. The molecule has 0 saturated carbocycles. The second kappa shape index (κ2) is 8.69. The second-order valence-electron chi connectivity index (χ2n) is 6.42. The van der Waals surface area contributed by atoms with Crippen molar-refractivity contribution < 1.29 is 17.9 Å². The number of nitrogens with zero attached hydrogens (tertiary/aromatic N) is 1. The highest BCUT2D eigenvalue weighted by Crippen LogP contribution is 2.34. The third-order valence-corrected chi connectivity index (χ3v) is 7.00. The van der Waals surface area contributed by atoms with Crippen molar-refractivity contribution in [3.05, 3.63) is 52.0 Å². The number of hydrogen-bond acceptors (Lipinski definition) is 4. The SMILES string of the molecule is COc1c(Cl)cc(C(=O)Nc2ccc(S(=O)(=O)N3CCCCC3)cc2)cc1Cl. The number of hydrogen-bond donors (Lipinski definition) is 1. The van der Waals surface area contributed by atoms with Crippen molar-refractivity contribution in [1.29, 1.82) is 0 Å². The highest BCUT2D eigenvalue weighted by Gasteiger charge is 2.25. The molecule has 2 aromatic carbocycles. The van der Waals surface area contributed by atoms with Crippen molar-refractivity contribution in [3.8, 4) is 5.75 Å². The van der Waals surface area contributed by atoms with Crippen molar-refractivity contribution >= 4 is 44.8 Å². The molecule has 1 aliphatic heterocycles. The Morgan fingerprint density at radius 3 is 2.14 bits per heavy atom. The fraction of sp³-hybridized carbons (Fsp3) is 0.316. The Kier molecular flexibility index (Phi) is 6.50. The van der Waals surface area contributed by atoms with Crippen LogP contribution in [0.1, 0.15) is 29.6 Å². The zero-order valence-corrected chi connectivity index (χ0v) is 17.6. The number of sulfonamides is 1. The zero-order chi connectivity index (χ0) is 20.3. The first-order valence-electron chi connectivity index (χ1n) is 8.77. The van der Waals surface area contributed by atoms with E-state index in [0.29, 0.717) is 24.5 Å². The molecule has 1 heterocycles. The van der Waals surface area contributed by atoms with Crippen LogP contribution in [0.5, 0.6) is 5.75 Å². The standard InChI is InChI=1S/C19H20Cl2N2O4S/c1-27-18-16(20)11-13(12-17(18)21)19(24)22-14-5-7-15(8-6-14)28(25,26)23-9-3-2-4-10-23/h5-8,11-12H,2-4,9-10H2,1H3,(H,22,24). The van der Waals surface area contributed by atoms with E-state index in [1.54, 1.807) is 12.1 Å². The van der Waals surface area contributed by atoms with Gasteiger partial charge in [0.2, 0.25) is 10.0 Å². The van der Waals surface area contributed by atoms with Crippen LogP contribution in [0.15, 0.2) is 41.3 Å². The monoisotopic (exact) mass is 442 g/mol. The Morgan fingerprint density at radius 2 is 1.61 bits per heavy atom. The summed E-state index contributed by atoms with van der Waals surface area (Å²) in [5, 5.41) is 3.15. The van der Waals surface area contributed by atoms with Crippen molar-refractivity contribution in [2.45, 2.75) is 24.2 Å². The van der Waals surface area contributed by atoms with Crippen molar-refractivity contribution in [2.24, 2.45) is 0 Å². The number of anilines is 1. The van der Waals surface area contributed by atoms with Crippen LogP contribution in [0.25, 0.3) is 0 Å². The zero-order valence-electron chi connectivity index (χ0n) is 15.2. The number of benzene rings is 2. The lowest BCUT2D eigenvalue weighted by Crippen LogP contribution is -2.35. The number of nitrogens with one attached hydrogen (secondary N) is 1. The Hall–Kier alpha value is -1.80. The summed E-state index contributed by atoms with van der Waals surface area (Å²) < 4.78 is 31.9. The molecular formula is C19H20Cl2N2O4S. The molecule has 6 nitrogen and oxygen atoms in total. The maximum absolute atomic E-state index is 12.7. The number of amides is 1. The predicted octanol–water partition coefficient (Wildman–Crippen LogP) is 4.43. The number of piperidine rings is 1. The van der Waals surface area contributed by atoms with Gasteiger partial charge in [-0.1, -0.05) is 29.6 Å². The number of ether oxygens (including phenoxy) is 1. The fourth-order valence-corrected chi connectivity index (χ4v) is 5.21. The lowest BCUT2D eigenvalue weighted by molar-refractivity contribution is 0.102. The molecule has 28 heavy (non-hydrogen) atoms. The molecule has 0 unspecified atom stereocenters. The molecule has 1 amide bonds. The summed E-state index contributed by atoms with van der Waals surface area (Å²) in [7, 11) is -2.07. The van der Waals surface area contributed by atoms with E-state index in [4.69, 9.17) is 27.9 Å². The molecule has 1 N–H and O–H groups in total. The molecule has 1 aliphatic rings. The normalized spacial score (nSPS) is 15.2. The Bertz CT molecular complexity index is 949. The largest absolute Gasteiger partial charge is 0.494 e. The van der Waals surface area contributed by atoms with E-state index in [0.717, 1.165) is 19.3 Å². The maximum atomic E-state index is 12.7. The Balaban J connectivity index is 1.74. The number of halogens is 2. The molecule has 150 valence electrons.